The van der Waals surface area contributed by atoms with Crippen molar-refractivity contribution in [1.29, 1.82) is 0 Å². The van der Waals surface area contributed by atoms with Crippen molar-refractivity contribution in [3.63, 3.8) is 0 Å². The number of nitrogens with zero attached hydrogens (tertiary/aromatic N) is 2. The van der Waals surface area contributed by atoms with Crippen molar-refractivity contribution >= 4 is 30.0 Å². The standard InChI is InChI=1S/C25H30F2N4O5/c1-2-4-17(21(33)28-14-32)20-18(26)7-16(8-19(20)27)31-9-15(10-31)29-23(35)36-25-11-24(12-25,13-25)22(34)30-5-3-6-30/h7-8,14-15,17H,2-6,9-13H2,1H3,(H,29,35)(H,28,32,33). The Morgan fingerprint density at radius 3 is 2.33 bits per heavy atom. The first-order valence-corrected chi connectivity index (χ1v) is 12.5. The van der Waals surface area contributed by atoms with Crippen LogP contribution < -0.4 is 15.5 Å². The Kier molecular flexibility index (Phi) is 6.12. The average molecular weight is 505 g/mol. The fraction of sp³-hybridized carbons (Fsp3) is 0.600. The first kappa shape index (κ1) is 24.5. The summed E-state index contributed by atoms with van der Waals surface area (Å²) in [6.07, 6.45) is 3.14. The van der Waals surface area contributed by atoms with Crippen LogP contribution in [-0.4, -0.2) is 67.0 Å². The molecule has 1 aromatic rings. The predicted octanol–water partition coefficient (Wildman–Crippen LogP) is 2.19. The molecule has 11 heteroatoms. The lowest BCUT2D eigenvalue weighted by atomic mass is 9.40. The molecule has 5 aliphatic rings. The second-order valence-electron chi connectivity index (χ2n) is 10.6. The maximum atomic E-state index is 14.9. The molecule has 4 amide bonds. The zero-order valence-electron chi connectivity index (χ0n) is 20.1. The van der Waals surface area contributed by atoms with Crippen molar-refractivity contribution in [2.45, 2.75) is 63.0 Å². The summed E-state index contributed by atoms with van der Waals surface area (Å²) in [5.41, 5.74) is -0.931. The molecule has 5 fully saturated rings. The Hall–Kier alpha value is -3.24. The minimum atomic E-state index is -1.10. The third kappa shape index (κ3) is 4.08. The lowest BCUT2D eigenvalue weighted by Crippen LogP contribution is -2.75. The van der Waals surface area contributed by atoms with Crippen molar-refractivity contribution in [3.8, 4) is 0 Å². The van der Waals surface area contributed by atoms with Crippen LogP contribution in [0.4, 0.5) is 19.3 Å². The Morgan fingerprint density at radius 1 is 1.17 bits per heavy atom. The number of rotatable bonds is 9. The summed E-state index contributed by atoms with van der Waals surface area (Å²) < 4.78 is 35.3. The highest BCUT2D eigenvalue weighted by Gasteiger charge is 2.75. The van der Waals surface area contributed by atoms with Crippen LogP contribution in [0.5, 0.6) is 0 Å². The Bertz CT molecular complexity index is 1060. The second-order valence-corrected chi connectivity index (χ2v) is 10.6. The highest BCUT2D eigenvalue weighted by Crippen LogP contribution is 2.70. The Labute approximate surface area is 207 Å². The van der Waals surface area contributed by atoms with E-state index in [1.807, 2.05) is 10.2 Å². The average Bonchev–Trinajstić information content (AvgIpc) is 2.69. The van der Waals surface area contributed by atoms with Gasteiger partial charge in [-0.3, -0.25) is 19.7 Å². The second kappa shape index (κ2) is 9.01. The van der Waals surface area contributed by atoms with Crippen molar-refractivity contribution in [2.75, 3.05) is 31.1 Å². The topological polar surface area (TPSA) is 108 Å². The van der Waals surface area contributed by atoms with Gasteiger partial charge < -0.3 is 19.9 Å². The number of carbonyl (C=O) groups excluding carboxylic acids is 4. The fourth-order valence-electron chi connectivity index (χ4n) is 6.00. The van der Waals surface area contributed by atoms with Crippen molar-refractivity contribution in [2.24, 2.45) is 5.41 Å². The van der Waals surface area contributed by atoms with Crippen LogP contribution in [0.2, 0.25) is 0 Å². The van der Waals surface area contributed by atoms with E-state index in [2.05, 4.69) is 5.32 Å². The van der Waals surface area contributed by atoms with Gasteiger partial charge in [-0.05, 0) is 25.0 Å². The number of amides is 4. The summed E-state index contributed by atoms with van der Waals surface area (Å²) in [6.45, 7) is 4.11. The fourth-order valence-corrected chi connectivity index (χ4v) is 6.00. The number of likely N-dealkylation sites (tertiary alicyclic amines) is 1. The number of imide groups is 1. The van der Waals surface area contributed by atoms with E-state index in [4.69, 9.17) is 4.74 Å². The van der Waals surface area contributed by atoms with Gasteiger partial charge in [-0.25, -0.2) is 13.6 Å². The molecule has 2 saturated heterocycles. The Balaban J connectivity index is 1.12. The monoisotopic (exact) mass is 504 g/mol. The molecule has 3 aliphatic carbocycles. The maximum Gasteiger partial charge on any atom is 0.408 e. The van der Waals surface area contributed by atoms with Crippen LogP contribution in [-0.2, 0) is 19.1 Å². The molecule has 3 saturated carbocycles. The molecular formula is C25H30F2N4O5. The van der Waals surface area contributed by atoms with Crippen LogP contribution >= 0.6 is 0 Å². The van der Waals surface area contributed by atoms with E-state index in [0.29, 0.717) is 44.5 Å². The summed E-state index contributed by atoms with van der Waals surface area (Å²) in [5.74, 6) is -3.38. The lowest BCUT2D eigenvalue weighted by molar-refractivity contribution is -0.255. The lowest BCUT2D eigenvalue weighted by Gasteiger charge is -2.68. The van der Waals surface area contributed by atoms with Gasteiger partial charge in [0.15, 0.2) is 0 Å². The molecule has 2 heterocycles. The molecule has 194 valence electrons. The molecule has 0 radical (unpaired) electrons. The summed E-state index contributed by atoms with van der Waals surface area (Å²) in [4.78, 5) is 51.2. The van der Waals surface area contributed by atoms with E-state index in [1.165, 1.54) is 12.1 Å². The van der Waals surface area contributed by atoms with Gasteiger partial charge in [0.25, 0.3) is 0 Å². The number of benzene rings is 1. The van der Waals surface area contributed by atoms with Crippen molar-refractivity contribution < 1.29 is 32.7 Å². The van der Waals surface area contributed by atoms with Crippen molar-refractivity contribution in [3.05, 3.63) is 29.3 Å². The summed E-state index contributed by atoms with van der Waals surface area (Å²) in [7, 11) is 0. The molecule has 2 bridgehead atoms. The van der Waals surface area contributed by atoms with Gasteiger partial charge in [-0.15, -0.1) is 0 Å². The van der Waals surface area contributed by atoms with Crippen LogP contribution in [0.1, 0.15) is 56.9 Å². The molecule has 2 N–H and O–H groups in total. The number of alkyl carbamates (subject to hydrolysis) is 1. The SMILES string of the molecule is CCCC(C(=O)NC=O)c1c(F)cc(N2CC(NC(=O)OC34CC(C(=O)N5CCC5)(C3)C4)C2)cc1F. The normalized spacial score (nSPS) is 27.0. The molecule has 9 nitrogen and oxygen atoms in total. The van der Waals surface area contributed by atoms with E-state index in [1.54, 1.807) is 11.8 Å². The third-order valence-corrected chi connectivity index (χ3v) is 7.96. The maximum absolute atomic E-state index is 14.9. The smallest absolute Gasteiger partial charge is 0.408 e. The van der Waals surface area contributed by atoms with Crippen LogP contribution in [0.15, 0.2) is 12.1 Å². The predicted molar refractivity (Wildman–Crippen MR) is 124 cm³/mol. The molecule has 1 atom stereocenters. The third-order valence-electron chi connectivity index (χ3n) is 7.96. The molecule has 6 rings (SSSR count). The molecule has 36 heavy (non-hydrogen) atoms. The van der Waals surface area contributed by atoms with Crippen LogP contribution in [0.3, 0.4) is 0 Å². The van der Waals surface area contributed by atoms with Gasteiger partial charge in [0.1, 0.15) is 17.2 Å². The number of anilines is 1. The number of halogens is 2. The largest absolute Gasteiger partial charge is 0.443 e. The number of hydrogen-bond acceptors (Lipinski definition) is 6. The van der Waals surface area contributed by atoms with Gasteiger partial charge in [-0.2, -0.15) is 0 Å². The molecule has 0 spiro atoms. The van der Waals surface area contributed by atoms with Gasteiger partial charge in [-0.1, -0.05) is 13.3 Å². The quantitative estimate of drug-likeness (QED) is 0.500. The zero-order valence-corrected chi connectivity index (χ0v) is 20.1. The Morgan fingerprint density at radius 2 is 1.81 bits per heavy atom. The summed E-state index contributed by atoms with van der Waals surface area (Å²) in [6, 6.07) is 2.10. The van der Waals surface area contributed by atoms with Crippen molar-refractivity contribution in [1.82, 2.24) is 15.5 Å². The molecular weight excluding hydrogens is 474 g/mol. The summed E-state index contributed by atoms with van der Waals surface area (Å²) >= 11 is 0. The van der Waals surface area contributed by atoms with E-state index in [-0.39, 0.29) is 35.8 Å². The highest BCUT2D eigenvalue weighted by molar-refractivity contribution is 5.91. The number of hydrogen-bond donors (Lipinski definition) is 2. The van der Waals surface area contributed by atoms with Gasteiger partial charge in [0.05, 0.1) is 17.4 Å². The van der Waals surface area contributed by atoms with E-state index >= 15 is 0 Å². The number of nitrogens with one attached hydrogen (secondary N) is 2. The minimum Gasteiger partial charge on any atom is -0.443 e. The van der Waals surface area contributed by atoms with Gasteiger partial charge in [0.2, 0.25) is 18.2 Å². The molecule has 1 aromatic carbocycles. The van der Waals surface area contributed by atoms with Gasteiger partial charge in [0, 0.05) is 56.7 Å². The number of ether oxygens (including phenoxy) is 1. The zero-order chi connectivity index (χ0) is 25.7. The van der Waals surface area contributed by atoms with Crippen LogP contribution in [0.25, 0.3) is 0 Å². The van der Waals surface area contributed by atoms with Gasteiger partial charge >= 0.3 is 6.09 Å². The van der Waals surface area contributed by atoms with E-state index < -0.39 is 35.2 Å². The molecule has 0 aromatic heterocycles. The first-order chi connectivity index (χ1) is 17.2. The minimum absolute atomic E-state index is 0.185. The van der Waals surface area contributed by atoms with E-state index in [0.717, 1.165) is 19.5 Å². The summed E-state index contributed by atoms with van der Waals surface area (Å²) in [5, 5.41) is 4.76. The first-order valence-electron chi connectivity index (χ1n) is 12.5. The molecule has 2 aliphatic heterocycles. The molecule has 1 unspecified atom stereocenters. The highest BCUT2D eigenvalue weighted by atomic mass is 19.1. The van der Waals surface area contributed by atoms with E-state index in [9.17, 15) is 28.0 Å². The number of carbonyl (C=O) groups is 4. The van der Waals surface area contributed by atoms with Crippen LogP contribution in [0, 0.1) is 17.0 Å².